The molecule has 1 rings (SSSR count). The highest BCUT2D eigenvalue weighted by Gasteiger charge is 2.37. The van der Waals surface area contributed by atoms with Crippen LogP contribution in [0.5, 0.6) is 0 Å². The van der Waals surface area contributed by atoms with E-state index < -0.39 is 26.4 Å². The fraction of sp³-hybridized carbons (Fsp3) is 0.900. The predicted molar refractivity (Wildman–Crippen MR) is 119 cm³/mol. The minimum absolute atomic E-state index is 0.126. The van der Waals surface area contributed by atoms with Gasteiger partial charge in [-0.2, -0.15) is 0 Å². The maximum absolute atomic E-state index is 10.8. The topological polar surface area (TPSA) is 49.7 Å². The molecule has 2 N–H and O–H groups in total. The molecule has 0 aromatic rings. The van der Waals surface area contributed by atoms with Crippen LogP contribution in [0.1, 0.15) is 41.0 Å². The highest BCUT2D eigenvalue weighted by molar-refractivity contribution is 8.17. The summed E-state index contributed by atoms with van der Waals surface area (Å²) >= 11 is 3.85. The van der Waals surface area contributed by atoms with E-state index in [9.17, 15) is 10.2 Å². The molecular weight excluding hydrogens is 380 g/mol. The molecular formula is C20H38O3S2Si. The van der Waals surface area contributed by atoms with Crippen molar-refractivity contribution in [1.82, 2.24) is 0 Å². The second-order valence-electron chi connectivity index (χ2n) is 8.96. The van der Waals surface area contributed by atoms with Crippen molar-refractivity contribution in [3.63, 3.8) is 0 Å². The van der Waals surface area contributed by atoms with Gasteiger partial charge in [-0.3, -0.25) is 0 Å². The molecule has 1 heterocycles. The van der Waals surface area contributed by atoms with Crippen molar-refractivity contribution in [1.29, 1.82) is 0 Å². The molecule has 0 amide bonds. The molecule has 0 aliphatic carbocycles. The monoisotopic (exact) mass is 418 g/mol. The summed E-state index contributed by atoms with van der Waals surface area (Å²) in [6, 6.07) is 0. The summed E-state index contributed by atoms with van der Waals surface area (Å²) in [5, 5.41) is 21.8. The third kappa shape index (κ3) is 6.46. The highest BCUT2D eigenvalue weighted by Crippen LogP contribution is 2.39. The number of rotatable bonds is 6. The van der Waals surface area contributed by atoms with Crippen LogP contribution in [0.4, 0.5) is 0 Å². The Morgan fingerprint density at radius 3 is 2.08 bits per heavy atom. The van der Waals surface area contributed by atoms with Crippen LogP contribution in [-0.4, -0.2) is 59.8 Å². The van der Waals surface area contributed by atoms with Crippen molar-refractivity contribution in [2.45, 2.75) is 82.1 Å². The van der Waals surface area contributed by atoms with Crippen LogP contribution in [0.3, 0.4) is 0 Å². The van der Waals surface area contributed by atoms with E-state index in [1.165, 1.54) is 6.42 Å². The van der Waals surface area contributed by atoms with Crippen molar-refractivity contribution in [3.8, 4) is 11.5 Å². The molecule has 0 unspecified atom stereocenters. The van der Waals surface area contributed by atoms with Gasteiger partial charge in [0.05, 0.1) is 16.8 Å². The lowest BCUT2D eigenvalue weighted by atomic mass is 9.88. The molecule has 152 valence electrons. The summed E-state index contributed by atoms with van der Waals surface area (Å²) in [7, 11) is -0.175. The van der Waals surface area contributed by atoms with Gasteiger partial charge in [0.15, 0.2) is 0 Å². The first-order valence-electron chi connectivity index (χ1n) is 9.57. The Balaban J connectivity index is 2.82. The van der Waals surface area contributed by atoms with Gasteiger partial charge < -0.3 is 14.9 Å². The molecule has 0 saturated carbocycles. The summed E-state index contributed by atoms with van der Waals surface area (Å²) < 4.78 is 5.89. The Morgan fingerprint density at radius 1 is 1.08 bits per heavy atom. The van der Waals surface area contributed by atoms with Gasteiger partial charge in [0.1, 0.15) is 14.2 Å². The molecule has 1 fully saturated rings. The predicted octanol–water partition coefficient (Wildman–Crippen LogP) is 4.24. The number of thioether (sulfide) groups is 2. The quantitative estimate of drug-likeness (QED) is 0.499. The lowest BCUT2D eigenvalue weighted by molar-refractivity contribution is -0.0567. The number of hydrogen-bond donors (Lipinski definition) is 2. The number of hydrogen-bond acceptors (Lipinski definition) is 5. The lowest BCUT2D eigenvalue weighted by Crippen LogP contribution is -2.43. The zero-order valence-corrected chi connectivity index (χ0v) is 20.3. The molecule has 0 bridgehead atoms. The van der Waals surface area contributed by atoms with Gasteiger partial charge in [0.2, 0.25) is 0 Å². The van der Waals surface area contributed by atoms with Crippen molar-refractivity contribution in [3.05, 3.63) is 0 Å². The first kappa shape index (κ1) is 24.4. The average molecular weight is 419 g/mol. The van der Waals surface area contributed by atoms with Gasteiger partial charge in [-0.05, 0) is 23.0 Å². The summed E-state index contributed by atoms with van der Waals surface area (Å²) in [6.07, 6.45) is -0.692. The molecule has 1 saturated heterocycles. The molecule has 0 aromatic heterocycles. The van der Waals surface area contributed by atoms with E-state index in [0.29, 0.717) is 4.58 Å². The molecule has 0 aromatic carbocycles. The summed E-state index contributed by atoms with van der Waals surface area (Å²) in [5.41, 5.74) is 3.43. The minimum atomic E-state index is -1.76. The molecule has 6 heteroatoms. The average Bonchev–Trinajstić information content (AvgIpc) is 2.59. The molecule has 0 radical (unpaired) electrons. The Morgan fingerprint density at radius 2 is 1.62 bits per heavy atom. The van der Waals surface area contributed by atoms with Gasteiger partial charge in [-0.1, -0.05) is 53.6 Å². The summed E-state index contributed by atoms with van der Waals surface area (Å²) in [6.45, 7) is 15.2. The summed E-state index contributed by atoms with van der Waals surface area (Å²) in [5.74, 6) is 5.34. The Labute approximate surface area is 170 Å². The van der Waals surface area contributed by atoms with Gasteiger partial charge >= 0.3 is 0 Å². The second-order valence-corrected chi connectivity index (χ2v) is 16.8. The Hall–Kier alpha value is 0.357. The number of methoxy groups -OCH3 is 1. The third-order valence-electron chi connectivity index (χ3n) is 5.86. The largest absolute Gasteiger partial charge is 0.392 e. The van der Waals surface area contributed by atoms with E-state index in [2.05, 4.69) is 52.3 Å². The van der Waals surface area contributed by atoms with E-state index in [-0.39, 0.29) is 16.9 Å². The number of aliphatic hydroxyl groups is 2. The first-order chi connectivity index (χ1) is 11.9. The van der Waals surface area contributed by atoms with Crippen LogP contribution in [0, 0.1) is 23.3 Å². The number of ether oxygens (including phenoxy) is 1. The molecule has 26 heavy (non-hydrogen) atoms. The Kier molecular flexibility index (Phi) is 9.59. The van der Waals surface area contributed by atoms with E-state index in [1.54, 1.807) is 7.11 Å². The van der Waals surface area contributed by atoms with Crippen molar-refractivity contribution < 1.29 is 14.9 Å². The van der Waals surface area contributed by atoms with Crippen LogP contribution in [0.15, 0.2) is 0 Å². The zero-order chi connectivity index (χ0) is 20.1. The SMILES string of the molecule is CO[C@@H](C#C[Si](C)(C)C(C)(C)C)[C@@H](O)[C@H](C)[C@@H](O)[C@@H](C)C1SCCCS1. The standard InChI is InChI=1S/C20H38O3S2Si/c1-14(17(21)15(2)19-24-11-9-12-25-19)18(22)16(23-6)10-13-26(7,8)20(3,4)5/h14-19,21-22H,9,11-12H2,1-8H3/t14-,15-,16+,17-,18+/m1/s1. The maximum Gasteiger partial charge on any atom is 0.143 e. The molecule has 5 atom stereocenters. The molecule has 1 aliphatic rings. The second kappa shape index (κ2) is 10.2. The fourth-order valence-electron chi connectivity index (χ4n) is 2.65. The highest BCUT2D eigenvalue weighted by atomic mass is 32.2. The van der Waals surface area contributed by atoms with Gasteiger partial charge in [0, 0.05) is 18.9 Å². The van der Waals surface area contributed by atoms with E-state index in [0.717, 1.165) is 11.5 Å². The lowest BCUT2D eigenvalue weighted by Gasteiger charge is -2.35. The zero-order valence-electron chi connectivity index (χ0n) is 17.7. The van der Waals surface area contributed by atoms with Crippen LogP contribution in [-0.2, 0) is 4.74 Å². The fourth-order valence-corrected chi connectivity index (χ4v) is 6.69. The smallest absolute Gasteiger partial charge is 0.143 e. The van der Waals surface area contributed by atoms with E-state index in [1.807, 2.05) is 30.4 Å². The van der Waals surface area contributed by atoms with Crippen LogP contribution in [0.25, 0.3) is 0 Å². The minimum Gasteiger partial charge on any atom is -0.392 e. The van der Waals surface area contributed by atoms with Crippen molar-refractivity contribution in [2.75, 3.05) is 18.6 Å². The maximum atomic E-state index is 10.8. The normalized spacial score (nSPS) is 22.7. The third-order valence-corrected chi connectivity index (χ3v) is 13.8. The van der Waals surface area contributed by atoms with Gasteiger partial charge in [-0.15, -0.1) is 29.1 Å². The van der Waals surface area contributed by atoms with E-state index >= 15 is 0 Å². The molecule has 1 aliphatic heterocycles. The molecule has 0 spiro atoms. The molecule has 3 nitrogen and oxygen atoms in total. The van der Waals surface area contributed by atoms with Crippen LogP contribution in [0.2, 0.25) is 18.1 Å². The van der Waals surface area contributed by atoms with Gasteiger partial charge in [0.25, 0.3) is 0 Å². The van der Waals surface area contributed by atoms with Gasteiger partial charge in [-0.25, -0.2) is 0 Å². The number of aliphatic hydroxyl groups excluding tert-OH is 2. The summed E-state index contributed by atoms with van der Waals surface area (Å²) in [4.78, 5) is 0. The van der Waals surface area contributed by atoms with Crippen molar-refractivity contribution >= 4 is 31.6 Å². The van der Waals surface area contributed by atoms with E-state index in [4.69, 9.17) is 4.74 Å². The van der Waals surface area contributed by atoms with Crippen molar-refractivity contribution in [2.24, 2.45) is 11.8 Å². The first-order valence-corrected chi connectivity index (χ1v) is 14.7. The van der Waals surface area contributed by atoms with Crippen LogP contribution >= 0.6 is 23.5 Å². The Bertz CT molecular complexity index is 490. The van der Waals surface area contributed by atoms with Crippen LogP contribution < -0.4 is 0 Å².